The lowest BCUT2D eigenvalue weighted by Gasteiger charge is -2.16. The number of hydrogen-bond donors (Lipinski definition) is 0. The highest BCUT2D eigenvalue weighted by Crippen LogP contribution is 2.40. The van der Waals surface area contributed by atoms with Gasteiger partial charge in [-0.1, -0.05) is 57.3 Å². The molecule has 6 heteroatoms. The Morgan fingerprint density at radius 3 is 2.25 bits per heavy atom. The van der Waals surface area contributed by atoms with Crippen molar-refractivity contribution in [1.82, 2.24) is 0 Å². The Labute approximate surface area is 132 Å². The Bertz CT molecular complexity index is 639. The third-order valence-corrected chi connectivity index (χ3v) is 3.94. The molecule has 2 aromatic carbocycles. The van der Waals surface area contributed by atoms with Crippen molar-refractivity contribution < 1.29 is 13.2 Å². The SMILES string of the molecule is FC(F)(F)c1cccc(-c2ccc(Cl)cc2Cl)c1CBr. The van der Waals surface area contributed by atoms with Crippen molar-refractivity contribution in [2.45, 2.75) is 11.5 Å². The van der Waals surface area contributed by atoms with Crippen LogP contribution < -0.4 is 0 Å². The van der Waals surface area contributed by atoms with E-state index in [0.717, 1.165) is 6.07 Å². The van der Waals surface area contributed by atoms with E-state index >= 15 is 0 Å². The van der Waals surface area contributed by atoms with E-state index in [-0.39, 0.29) is 10.9 Å². The van der Waals surface area contributed by atoms with Crippen LogP contribution in [0.3, 0.4) is 0 Å². The highest BCUT2D eigenvalue weighted by Gasteiger charge is 2.34. The van der Waals surface area contributed by atoms with E-state index in [2.05, 4.69) is 15.9 Å². The van der Waals surface area contributed by atoms with Gasteiger partial charge >= 0.3 is 6.18 Å². The molecule has 0 saturated carbocycles. The van der Waals surface area contributed by atoms with Crippen LogP contribution in [0.5, 0.6) is 0 Å². The first kappa shape index (κ1) is 15.7. The summed E-state index contributed by atoms with van der Waals surface area (Å²) in [7, 11) is 0. The minimum atomic E-state index is -4.40. The fourth-order valence-electron chi connectivity index (χ4n) is 1.96. The van der Waals surface area contributed by atoms with Gasteiger partial charge in [-0.15, -0.1) is 0 Å². The first-order valence-electron chi connectivity index (χ1n) is 5.55. The van der Waals surface area contributed by atoms with Crippen molar-refractivity contribution in [2.24, 2.45) is 0 Å². The van der Waals surface area contributed by atoms with Crippen LogP contribution in [0.2, 0.25) is 10.0 Å². The number of hydrogen-bond acceptors (Lipinski definition) is 0. The van der Waals surface area contributed by atoms with Crippen molar-refractivity contribution in [2.75, 3.05) is 0 Å². The van der Waals surface area contributed by atoms with Crippen LogP contribution in [-0.2, 0) is 11.5 Å². The fourth-order valence-corrected chi connectivity index (χ4v) is 3.07. The summed E-state index contributed by atoms with van der Waals surface area (Å²) in [5.41, 5.74) is 0.456. The summed E-state index contributed by atoms with van der Waals surface area (Å²) in [6.07, 6.45) is -4.40. The van der Waals surface area contributed by atoms with E-state index in [1.54, 1.807) is 18.2 Å². The lowest BCUT2D eigenvalue weighted by atomic mass is 9.96. The van der Waals surface area contributed by atoms with Crippen molar-refractivity contribution in [3.63, 3.8) is 0 Å². The molecule has 0 nitrogen and oxygen atoms in total. The zero-order chi connectivity index (χ0) is 14.9. The smallest absolute Gasteiger partial charge is 0.166 e. The zero-order valence-corrected chi connectivity index (χ0v) is 13.0. The third-order valence-electron chi connectivity index (χ3n) is 2.84. The molecule has 0 aliphatic rings. The summed E-state index contributed by atoms with van der Waals surface area (Å²) in [4.78, 5) is 0. The van der Waals surface area contributed by atoms with Crippen LogP contribution in [0.1, 0.15) is 11.1 Å². The number of alkyl halides is 4. The predicted molar refractivity (Wildman–Crippen MR) is 79.5 cm³/mol. The Kier molecular flexibility index (Phi) is 4.67. The summed E-state index contributed by atoms with van der Waals surface area (Å²) in [5, 5.41) is 0.835. The molecular weight excluding hydrogens is 376 g/mol. The van der Waals surface area contributed by atoms with Crippen molar-refractivity contribution in [1.29, 1.82) is 0 Å². The summed E-state index contributed by atoms with van der Waals surface area (Å²) in [6.45, 7) is 0. The maximum absolute atomic E-state index is 13.0. The molecule has 20 heavy (non-hydrogen) atoms. The molecule has 0 saturated heterocycles. The molecule has 0 N–H and O–H groups in total. The Hall–Kier alpha value is -0.710. The molecule has 106 valence electrons. The van der Waals surface area contributed by atoms with Crippen molar-refractivity contribution in [3.8, 4) is 11.1 Å². The summed E-state index contributed by atoms with van der Waals surface area (Å²) < 4.78 is 39.1. The predicted octanol–water partition coefficient (Wildman–Crippen LogP) is 6.57. The van der Waals surface area contributed by atoms with E-state index in [1.165, 1.54) is 12.1 Å². The first-order chi connectivity index (χ1) is 9.34. The molecule has 0 spiro atoms. The van der Waals surface area contributed by atoms with E-state index in [1.807, 2.05) is 0 Å². The van der Waals surface area contributed by atoms with E-state index in [4.69, 9.17) is 23.2 Å². The van der Waals surface area contributed by atoms with Gasteiger partial charge in [-0.2, -0.15) is 13.2 Å². The quantitative estimate of drug-likeness (QED) is 0.514. The number of rotatable bonds is 2. The van der Waals surface area contributed by atoms with E-state index in [9.17, 15) is 13.2 Å². The first-order valence-corrected chi connectivity index (χ1v) is 7.43. The fraction of sp³-hybridized carbons (Fsp3) is 0.143. The van der Waals surface area contributed by atoms with Gasteiger partial charge in [0.2, 0.25) is 0 Å². The highest BCUT2D eigenvalue weighted by molar-refractivity contribution is 9.08. The van der Waals surface area contributed by atoms with Gasteiger partial charge in [0.1, 0.15) is 0 Å². The Balaban J connectivity index is 2.69. The van der Waals surface area contributed by atoms with Gasteiger partial charge in [0.25, 0.3) is 0 Å². The topological polar surface area (TPSA) is 0 Å². The van der Waals surface area contributed by atoms with Gasteiger partial charge in [0, 0.05) is 20.9 Å². The van der Waals surface area contributed by atoms with Gasteiger partial charge < -0.3 is 0 Å². The standard InChI is InChI=1S/C14H8BrCl2F3/c15-7-11-9(2-1-3-12(11)14(18,19)20)10-5-4-8(16)6-13(10)17/h1-6H,7H2. The monoisotopic (exact) mass is 382 g/mol. The van der Waals surface area contributed by atoms with E-state index < -0.39 is 11.7 Å². The van der Waals surface area contributed by atoms with Crippen LogP contribution in [0, 0.1) is 0 Å². The van der Waals surface area contributed by atoms with Gasteiger partial charge in [-0.3, -0.25) is 0 Å². The van der Waals surface area contributed by atoms with Gasteiger partial charge in [-0.25, -0.2) is 0 Å². The van der Waals surface area contributed by atoms with Crippen LogP contribution in [0.4, 0.5) is 13.2 Å². The van der Waals surface area contributed by atoms with Crippen LogP contribution in [0.25, 0.3) is 11.1 Å². The maximum Gasteiger partial charge on any atom is 0.416 e. The minimum absolute atomic E-state index is 0.0803. The molecule has 0 amide bonds. The summed E-state index contributed by atoms with van der Waals surface area (Å²) >= 11 is 15.0. The molecule has 0 aliphatic heterocycles. The summed E-state index contributed by atoms with van der Waals surface area (Å²) in [5.74, 6) is 0. The second kappa shape index (κ2) is 5.96. The second-order valence-corrected chi connectivity index (χ2v) is 5.49. The normalized spacial score (nSPS) is 11.7. The third kappa shape index (κ3) is 3.13. The molecule has 0 bridgehead atoms. The molecule has 0 atom stereocenters. The Morgan fingerprint density at radius 1 is 1.00 bits per heavy atom. The maximum atomic E-state index is 13.0. The highest BCUT2D eigenvalue weighted by atomic mass is 79.9. The molecule has 0 fully saturated rings. The van der Waals surface area contributed by atoms with Gasteiger partial charge in [0.05, 0.1) is 5.56 Å². The number of benzene rings is 2. The molecule has 0 radical (unpaired) electrons. The van der Waals surface area contributed by atoms with Gasteiger partial charge in [-0.05, 0) is 29.3 Å². The largest absolute Gasteiger partial charge is 0.416 e. The lowest BCUT2D eigenvalue weighted by molar-refractivity contribution is -0.138. The minimum Gasteiger partial charge on any atom is -0.166 e. The van der Waals surface area contributed by atoms with Crippen LogP contribution >= 0.6 is 39.1 Å². The lowest BCUT2D eigenvalue weighted by Crippen LogP contribution is -2.09. The summed E-state index contributed by atoms with van der Waals surface area (Å²) in [6, 6.07) is 8.77. The molecular formula is C14H8BrCl2F3. The van der Waals surface area contributed by atoms with Crippen molar-refractivity contribution in [3.05, 3.63) is 57.6 Å². The van der Waals surface area contributed by atoms with Crippen molar-refractivity contribution >= 4 is 39.1 Å². The molecule has 0 aliphatic carbocycles. The molecule has 0 aromatic heterocycles. The zero-order valence-electron chi connectivity index (χ0n) is 9.94. The van der Waals surface area contributed by atoms with E-state index in [0.29, 0.717) is 21.2 Å². The molecule has 0 heterocycles. The molecule has 0 unspecified atom stereocenters. The second-order valence-electron chi connectivity index (χ2n) is 4.09. The average Bonchev–Trinajstić information content (AvgIpc) is 2.37. The molecule has 2 rings (SSSR count). The molecule has 2 aromatic rings. The Morgan fingerprint density at radius 2 is 1.70 bits per heavy atom. The number of halogens is 6. The average molecular weight is 384 g/mol. The van der Waals surface area contributed by atoms with Crippen LogP contribution in [-0.4, -0.2) is 0 Å². The van der Waals surface area contributed by atoms with Crippen LogP contribution in [0.15, 0.2) is 36.4 Å². The van der Waals surface area contributed by atoms with Gasteiger partial charge in [0.15, 0.2) is 0 Å².